The van der Waals surface area contributed by atoms with E-state index in [1.807, 2.05) is 6.92 Å². The highest BCUT2D eigenvalue weighted by atomic mass is 16.5. The molecule has 0 aliphatic carbocycles. The SMILES string of the molecule is CCCCCCCCCCCCCCCCCCOCC(O)CN(CCO)C(=O)CCCCCCCCCCCCCCC.CCCCCCCCCCCCOCC(O)CN(CCO)C(=O)CCC. The number of nitrogens with zero attached hydrogens (tertiary/aromatic N) is 2. The van der Waals surface area contributed by atoms with Gasteiger partial charge in [-0.2, -0.15) is 0 Å². The summed E-state index contributed by atoms with van der Waals surface area (Å²) in [4.78, 5) is 27.7. The summed E-state index contributed by atoms with van der Waals surface area (Å²) in [5, 5.41) is 38.9. The van der Waals surface area contributed by atoms with E-state index in [0.29, 0.717) is 26.1 Å². The average molecular weight is 1000 g/mol. The first kappa shape index (κ1) is 70.8. The first-order chi connectivity index (χ1) is 34.3. The van der Waals surface area contributed by atoms with Crippen molar-refractivity contribution in [1.29, 1.82) is 0 Å². The molecular formula is C60H122N2O8. The van der Waals surface area contributed by atoms with Crippen LogP contribution < -0.4 is 0 Å². The Bertz CT molecular complexity index is 1020. The molecule has 0 fully saturated rings. The minimum Gasteiger partial charge on any atom is -0.395 e. The van der Waals surface area contributed by atoms with Crippen LogP contribution in [-0.2, 0) is 19.1 Å². The van der Waals surface area contributed by atoms with E-state index in [-0.39, 0.29) is 64.4 Å². The predicted octanol–water partition coefficient (Wildman–Crippen LogP) is 14.8. The van der Waals surface area contributed by atoms with Crippen LogP contribution >= 0.6 is 0 Å². The second-order valence-corrected chi connectivity index (χ2v) is 20.8. The minimum atomic E-state index is -0.696. The molecule has 0 saturated heterocycles. The highest BCUT2D eigenvalue weighted by Gasteiger charge is 2.18. The van der Waals surface area contributed by atoms with Crippen molar-refractivity contribution < 1.29 is 39.5 Å². The lowest BCUT2D eigenvalue weighted by atomic mass is 10.0. The van der Waals surface area contributed by atoms with E-state index in [1.165, 1.54) is 230 Å². The van der Waals surface area contributed by atoms with Gasteiger partial charge in [-0.1, -0.05) is 259 Å². The van der Waals surface area contributed by atoms with Gasteiger partial charge in [0.2, 0.25) is 11.8 Å². The third-order valence-electron chi connectivity index (χ3n) is 13.7. The maximum atomic E-state index is 12.7. The molecule has 0 aromatic heterocycles. The number of carbonyl (C=O) groups excluding carboxylic acids is 2. The first-order valence-electron chi connectivity index (χ1n) is 30.6. The lowest BCUT2D eigenvalue weighted by molar-refractivity contribution is -0.134. The second kappa shape index (κ2) is 60.3. The maximum Gasteiger partial charge on any atom is 0.222 e. The van der Waals surface area contributed by atoms with Crippen LogP contribution in [0.3, 0.4) is 0 Å². The molecule has 70 heavy (non-hydrogen) atoms. The molecule has 0 bridgehead atoms. The fourth-order valence-electron chi connectivity index (χ4n) is 9.20. The number of hydrogen-bond donors (Lipinski definition) is 4. The van der Waals surface area contributed by atoms with E-state index in [9.17, 15) is 24.9 Å². The fraction of sp³-hybridized carbons (Fsp3) is 0.967. The summed E-state index contributed by atoms with van der Waals surface area (Å²) in [6.07, 6.45) is 51.6. The number of aliphatic hydroxyl groups is 4. The highest BCUT2D eigenvalue weighted by molar-refractivity contribution is 5.76. The monoisotopic (exact) mass is 999 g/mol. The molecule has 0 aromatic rings. The molecule has 4 N–H and O–H groups in total. The van der Waals surface area contributed by atoms with E-state index in [4.69, 9.17) is 14.6 Å². The minimum absolute atomic E-state index is 0.0182. The normalized spacial score (nSPS) is 12.2. The Morgan fingerprint density at radius 1 is 0.343 bits per heavy atom. The molecule has 10 heteroatoms. The number of amides is 2. The van der Waals surface area contributed by atoms with E-state index in [0.717, 1.165) is 32.1 Å². The summed E-state index contributed by atoms with van der Waals surface area (Å²) in [5.41, 5.74) is 0. The number of unbranched alkanes of at least 4 members (excludes halogenated alkanes) is 36. The van der Waals surface area contributed by atoms with Gasteiger partial charge in [0, 0.05) is 52.2 Å². The van der Waals surface area contributed by atoms with Crippen LogP contribution in [0.15, 0.2) is 0 Å². The maximum absolute atomic E-state index is 12.7. The standard InChI is InChI=1S/C39H79NO4.C21H43NO4/c1-3-5-7-9-11-13-15-17-18-19-21-23-25-27-29-31-35-44-37-38(42)36-40(33-34-41)39(43)32-30-28-26-24-22-20-16-14-12-10-8-6-4-2;1-3-5-6-7-8-9-10-11-12-13-17-26-19-20(24)18-22(15-16-23)21(25)14-4-2/h38,41-42H,3-37H2,1-2H3;20,23-24H,3-19H2,1-2H3. The van der Waals surface area contributed by atoms with Gasteiger partial charge in [-0.3, -0.25) is 9.59 Å². The average Bonchev–Trinajstić information content (AvgIpc) is 3.35. The molecule has 0 heterocycles. The molecule has 0 aromatic carbocycles. The molecule has 2 amide bonds. The topological polar surface area (TPSA) is 140 Å². The van der Waals surface area contributed by atoms with Crippen LogP contribution in [0.2, 0.25) is 0 Å². The van der Waals surface area contributed by atoms with Crippen molar-refractivity contribution in [2.45, 2.75) is 310 Å². The number of hydrogen-bond acceptors (Lipinski definition) is 8. The molecule has 10 nitrogen and oxygen atoms in total. The first-order valence-corrected chi connectivity index (χ1v) is 30.6. The van der Waals surface area contributed by atoms with Gasteiger partial charge in [-0.25, -0.2) is 0 Å². The lowest BCUT2D eigenvalue weighted by Crippen LogP contribution is -2.40. The Balaban J connectivity index is 0. The summed E-state index contributed by atoms with van der Waals surface area (Å²) in [6, 6.07) is 0. The fourth-order valence-corrected chi connectivity index (χ4v) is 9.20. The predicted molar refractivity (Wildman–Crippen MR) is 298 cm³/mol. The molecule has 0 aliphatic rings. The molecule has 420 valence electrons. The molecular weight excluding hydrogens is 877 g/mol. The summed E-state index contributed by atoms with van der Waals surface area (Å²) in [5.74, 6) is 0.0225. The third-order valence-corrected chi connectivity index (χ3v) is 13.7. The van der Waals surface area contributed by atoms with Gasteiger partial charge in [-0.15, -0.1) is 0 Å². The summed E-state index contributed by atoms with van der Waals surface area (Å²) in [6.45, 7) is 11.5. The zero-order valence-corrected chi connectivity index (χ0v) is 47.2. The number of aliphatic hydroxyl groups excluding tert-OH is 4. The summed E-state index contributed by atoms with van der Waals surface area (Å²) in [7, 11) is 0. The Morgan fingerprint density at radius 3 is 0.843 bits per heavy atom. The van der Waals surface area contributed by atoms with Gasteiger partial charge in [0.25, 0.3) is 0 Å². The van der Waals surface area contributed by atoms with Crippen LogP contribution in [0.1, 0.15) is 297 Å². The Labute approximate surface area is 435 Å². The van der Waals surface area contributed by atoms with Crippen molar-refractivity contribution >= 4 is 11.8 Å². The van der Waals surface area contributed by atoms with Crippen molar-refractivity contribution in [3.05, 3.63) is 0 Å². The van der Waals surface area contributed by atoms with Crippen molar-refractivity contribution in [3.63, 3.8) is 0 Å². The van der Waals surface area contributed by atoms with Gasteiger partial charge >= 0.3 is 0 Å². The zero-order chi connectivity index (χ0) is 51.6. The largest absolute Gasteiger partial charge is 0.395 e. The molecule has 0 radical (unpaired) electrons. The smallest absolute Gasteiger partial charge is 0.222 e. The van der Waals surface area contributed by atoms with Gasteiger partial charge in [0.15, 0.2) is 0 Å². The summed E-state index contributed by atoms with van der Waals surface area (Å²) >= 11 is 0. The van der Waals surface area contributed by atoms with Crippen LogP contribution in [0, 0.1) is 0 Å². The Hall–Kier alpha value is -1.30. The summed E-state index contributed by atoms with van der Waals surface area (Å²) < 4.78 is 11.2. The van der Waals surface area contributed by atoms with Gasteiger partial charge in [0.1, 0.15) is 0 Å². The molecule has 2 unspecified atom stereocenters. The quantitative estimate of drug-likeness (QED) is 0.0442. The second-order valence-electron chi connectivity index (χ2n) is 20.8. The van der Waals surface area contributed by atoms with Crippen molar-refractivity contribution in [2.75, 3.05) is 65.8 Å². The Kier molecular flexibility index (Phi) is 60.9. The van der Waals surface area contributed by atoms with Gasteiger partial charge in [0.05, 0.1) is 38.6 Å². The van der Waals surface area contributed by atoms with Crippen LogP contribution in [0.25, 0.3) is 0 Å². The van der Waals surface area contributed by atoms with E-state index in [2.05, 4.69) is 20.8 Å². The Morgan fingerprint density at radius 2 is 0.586 bits per heavy atom. The van der Waals surface area contributed by atoms with E-state index in [1.54, 1.807) is 4.90 Å². The molecule has 0 aliphatic heterocycles. The lowest BCUT2D eigenvalue weighted by Gasteiger charge is -2.24. The van der Waals surface area contributed by atoms with Crippen LogP contribution in [0.4, 0.5) is 0 Å². The van der Waals surface area contributed by atoms with Gasteiger partial charge < -0.3 is 39.7 Å². The molecule has 0 spiro atoms. The van der Waals surface area contributed by atoms with Crippen molar-refractivity contribution in [1.82, 2.24) is 9.80 Å². The highest BCUT2D eigenvalue weighted by Crippen LogP contribution is 2.16. The number of rotatable bonds is 56. The van der Waals surface area contributed by atoms with E-state index >= 15 is 0 Å². The van der Waals surface area contributed by atoms with Crippen LogP contribution in [0.5, 0.6) is 0 Å². The van der Waals surface area contributed by atoms with E-state index < -0.39 is 12.2 Å². The number of ether oxygens (including phenoxy) is 2. The molecule has 2 atom stereocenters. The molecule has 0 saturated carbocycles. The van der Waals surface area contributed by atoms with Crippen molar-refractivity contribution in [3.8, 4) is 0 Å². The molecule has 0 rings (SSSR count). The third kappa shape index (κ3) is 54.5. The van der Waals surface area contributed by atoms with Gasteiger partial charge in [-0.05, 0) is 25.7 Å². The zero-order valence-electron chi connectivity index (χ0n) is 47.2. The number of carbonyl (C=O) groups is 2. The van der Waals surface area contributed by atoms with Crippen molar-refractivity contribution in [2.24, 2.45) is 0 Å². The van der Waals surface area contributed by atoms with Crippen LogP contribution in [-0.4, -0.2) is 120 Å².